The Balaban J connectivity index is 2.30. The van der Waals surface area contributed by atoms with E-state index in [0.29, 0.717) is 18.5 Å². The molecule has 0 bridgehead atoms. The molecule has 0 aromatic rings. The molecule has 0 amide bonds. The second kappa shape index (κ2) is 7.35. The smallest absolute Gasteiger partial charge is 0.334 e. The van der Waals surface area contributed by atoms with Crippen LogP contribution in [-0.2, 0) is 19.6 Å². The van der Waals surface area contributed by atoms with E-state index in [2.05, 4.69) is 13.6 Å². The van der Waals surface area contributed by atoms with Crippen LogP contribution in [0.25, 0.3) is 0 Å². The van der Waals surface area contributed by atoms with Crippen molar-refractivity contribution < 1.29 is 27.0 Å². The quantitative estimate of drug-likeness (QED) is 0.278. The minimum absolute atomic E-state index is 0.251. The van der Waals surface area contributed by atoms with Crippen LogP contribution in [0.5, 0.6) is 0 Å². The van der Waals surface area contributed by atoms with Crippen molar-refractivity contribution in [2.45, 2.75) is 13.3 Å². The van der Waals surface area contributed by atoms with Gasteiger partial charge in [-0.1, -0.05) is 6.58 Å². The Kier molecular flexibility index (Phi) is 6.33. The van der Waals surface area contributed by atoms with E-state index in [1.54, 1.807) is 6.92 Å². The van der Waals surface area contributed by atoms with Crippen LogP contribution in [0.3, 0.4) is 0 Å². The average Bonchev–Trinajstić information content (AvgIpc) is 2.36. The first-order chi connectivity index (χ1) is 9.61. The van der Waals surface area contributed by atoms with E-state index in [1.807, 2.05) is 4.90 Å². The number of ether oxygens (including phenoxy) is 1. The first-order valence-corrected chi connectivity index (χ1v) is 8.51. The van der Waals surface area contributed by atoms with Crippen LogP contribution in [-0.4, -0.2) is 80.6 Å². The van der Waals surface area contributed by atoms with Crippen molar-refractivity contribution in [3.8, 4) is 0 Å². The second-order valence-electron chi connectivity index (χ2n) is 5.86. The van der Waals surface area contributed by atoms with Crippen LogP contribution in [0, 0.1) is 0 Å². The van der Waals surface area contributed by atoms with E-state index in [9.17, 15) is 17.8 Å². The minimum Gasteiger partial charge on any atom is -0.748 e. The molecule has 1 rings (SSSR count). The number of quaternary nitrogens is 1. The van der Waals surface area contributed by atoms with Crippen molar-refractivity contribution in [3.05, 3.63) is 12.2 Å². The van der Waals surface area contributed by atoms with Crippen molar-refractivity contribution >= 4 is 16.1 Å². The highest BCUT2D eigenvalue weighted by Crippen LogP contribution is 2.11. The van der Waals surface area contributed by atoms with Crippen LogP contribution in [0.2, 0.25) is 0 Å². The lowest BCUT2D eigenvalue weighted by molar-refractivity contribution is -0.913. The molecule has 0 aromatic carbocycles. The van der Waals surface area contributed by atoms with E-state index >= 15 is 0 Å². The molecule has 122 valence electrons. The summed E-state index contributed by atoms with van der Waals surface area (Å²) in [5.74, 6) is -0.695. The number of nitrogens with zero attached hydrogens (tertiary/aromatic N) is 2. The lowest BCUT2D eigenvalue weighted by atomic mass is 10.2. The summed E-state index contributed by atoms with van der Waals surface area (Å²) in [6, 6.07) is 0. The molecule has 1 fully saturated rings. The number of piperazine rings is 1. The van der Waals surface area contributed by atoms with Crippen molar-refractivity contribution in [1.29, 1.82) is 0 Å². The molecule has 0 atom stereocenters. The largest absolute Gasteiger partial charge is 0.748 e. The summed E-state index contributed by atoms with van der Waals surface area (Å²) in [5.41, 5.74) is 0.381. The Morgan fingerprint density at radius 2 is 1.95 bits per heavy atom. The van der Waals surface area contributed by atoms with Gasteiger partial charge in [0.05, 0.1) is 49.9 Å². The molecule has 1 aliphatic heterocycles. The van der Waals surface area contributed by atoms with Gasteiger partial charge in [-0.05, 0) is 6.92 Å². The van der Waals surface area contributed by atoms with E-state index in [1.165, 1.54) is 0 Å². The van der Waals surface area contributed by atoms with E-state index < -0.39 is 16.1 Å². The fourth-order valence-electron chi connectivity index (χ4n) is 2.24. The summed E-state index contributed by atoms with van der Waals surface area (Å²) in [7, 11) is -2.07. The van der Waals surface area contributed by atoms with Crippen LogP contribution >= 0.6 is 0 Å². The fraction of sp³-hybridized carbons (Fsp3) is 0.769. The zero-order valence-corrected chi connectivity index (χ0v) is 13.5. The van der Waals surface area contributed by atoms with Gasteiger partial charge in [0.25, 0.3) is 0 Å². The maximum atomic E-state index is 11.3. The van der Waals surface area contributed by atoms with Gasteiger partial charge in [-0.15, -0.1) is 0 Å². The predicted molar refractivity (Wildman–Crippen MR) is 77.3 cm³/mol. The normalized spacial score (nSPS) is 19.2. The summed E-state index contributed by atoms with van der Waals surface area (Å²) in [6.45, 7) is 9.26. The predicted octanol–water partition coefficient (Wildman–Crippen LogP) is -0.239. The Labute approximate surface area is 126 Å². The number of hydrogen-bond donors (Lipinski definition) is 0. The highest BCUT2D eigenvalue weighted by molar-refractivity contribution is 7.85. The Morgan fingerprint density at radius 3 is 2.43 bits per heavy atom. The Morgan fingerprint density at radius 1 is 1.38 bits per heavy atom. The Bertz CT molecular complexity index is 481. The zero-order chi connectivity index (χ0) is 16.1. The SMILES string of the molecule is C=C(C)C(=O)OCN1CC[N+](C)(CCCS(=O)(=O)[O-])CC1. The fourth-order valence-corrected chi connectivity index (χ4v) is 2.72. The molecule has 0 radical (unpaired) electrons. The summed E-state index contributed by atoms with van der Waals surface area (Å²) in [5, 5.41) is 0. The molecule has 21 heavy (non-hydrogen) atoms. The van der Waals surface area contributed by atoms with Crippen molar-refractivity contribution in [2.24, 2.45) is 0 Å². The van der Waals surface area contributed by atoms with Gasteiger partial charge in [0, 0.05) is 17.7 Å². The molecule has 0 spiro atoms. The van der Waals surface area contributed by atoms with Gasteiger partial charge in [0.1, 0.15) is 6.73 Å². The molecule has 0 saturated carbocycles. The highest BCUT2D eigenvalue weighted by atomic mass is 32.2. The van der Waals surface area contributed by atoms with Crippen LogP contribution in [0.15, 0.2) is 12.2 Å². The first kappa shape index (κ1) is 18.1. The molecule has 1 heterocycles. The number of hydrogen-bond acceptors (Lipinski definition) is 6. The molecule has 0 aliphatic carbocycles. The number of carbonyl (C=O) groups is 1. The molecule has 1 aliphatic rings. The summed E-state index contributed by atoms with van der Waals surface area (Å²) < 4.78 is 37.7. The van der Waals surface area contributed by atoms with Gasteiger partial charge in [-0.2, -0.15) is 0 Å². The van der Waals surface area contributed by atoms with Gasteiger partial charge in [0.2, 0.25) is 0 Å². The minimum atomic E-state index is -4.12. The number of carbonyl (C=O) groups excluding carboxylic acids is 1. The summed E-state index contributed by atoms with van der Waals surface area (Å²) >= 11 is 0. The van der Waals surface area contributed by atoms with E-state index in [-0.39, 0.29) is 12.5 Å². The topological polar surface area (TPSA) is 86.7 Å². The van der Waals surface area contributed by atoms with Crippen LogP contribution in [0.1, 0.15) is 13.3 Å². The highest BCUT2D eigenvalue weighted by Gasteiger charge is 2.28. The van der Waals surface area contributed by atoms with Crippen molar-refractivity contribution in [3.63, 3.8) is 0 Å². The third-order valence-electron chi connectivity index (χ3n) is 3.73. The third-order valence-corrected chi connectivity index (χ3v) is 4.52. The standard InChI is InChI=1S/C13H24N2O5S/c1-12(2)13(16)20-11-14-5-8-15(3,9-6-14)7-4-10-21(17,18)19/h1,4-11H2,2-3H3. The third kappa shape index (κ3) is 7.03. The molecule has 0 unspecified atom stereocenters. The molecular formula is C13H24N2O5S. The molecule has 8 heteroatoms. The lowest BCUT2D eigenvalue weighted by Crippen LogP contribution is -2.58. The molecule has 7 nitrogen and oxygen atoms in total. The van der Waals surface area contributed by atoms with Gasteiger partial charge in [-0.3, -0.25) is 4.90 Å². The first-order valence-electron chi connectivity index (χ1n) is 6.93. The number of rotatable bonds is 7. The monoisotopic (exact) mass is 320 g/mol. The lowest BCUT2D eigenvalue weighted by Gasteiger charge is -2.41. The van der Waals surface area contributed by atoms with E-state index in [4.69, 9.17) is 4.74 Å². The van der Waals surface area contributed by atoms with Crippen LogP contribution in [0.4, 0.5) is 0 Å². The zero-order valence-electron chi connectivity index (χ0n) is 12.7. The summed E-state index contributed by atoms with van der Waals surface area (Å²) in [6.07, 6.45) is 0.382. The van der Waals surface area contributed by atoms with Crippen molar-refractivity contribution in [2.75, 3.05) is 52.3 Å². The number of esters is 1. The van der Waals surface area contributed by atoms with Gasteiger partial charge >= 0.3 is 5.97 Å². The van der Waals surface area contributed by atoms with Gasteiger partial charge < -0.3 is 13.8 Å². The van der Waals surface area contributed by atoms with Gasteiger partial charge in [0.15, 0.2) is 0 Å². The van der Waals surface area contributed by atoms with Gasteiger partial charge in [-0.25, -0.2) is 13.2 Å². The molecule has 0 aromatic heterocycles. The number of likely N-dealkylation sites (N-methyl/N-ethyl adjacent to an activating group) is 1. The average molecular weight is 320 g/mol. The maximum absolute atomic E-state index is 11.3. The molecule has 0 N–H and O–H groups in total. The summed E-state index contributed by atoms with van der Waals surface area (Å²) in [4.78, 5) is 13.3. The van der Waals surface area contributed by atoms with Crippen LogP contribution < -0.4 is 0 Å². The van der Waals surface area contributed by atoms with Crippen molar-refractivity contribution in [1.82, 2.24) is 4.90 Å². The maximum Gasteiger partial charge on any atom is 0.334 e. The second-order valence-corrected chi connectivity index (χ2v) is 7.39. The molecule has 1 saturated heterocycles. The molecular weight excluding hydrogens is 296 g/mol. The Hall–Kier alpha value is -0.960. The van der Waals surface area contributed by atoms with E-state index in [0.717, 1.165) is 30.7 Å².